The van der Waals surface area contributed by atoms with E-state index in [1.807, 2.05) is 0 Å². The van der Waals surface area contributed by atoms with Crippen LogP contribution >= 0.6 is 15.9 Å². The summed E-state index contributed by atoms with van der Waals surface area (Å²) < 4.78 is 1.18. The molecule has 1 aliphatic rings. The summed E-state index contributed by atoms with van der Waals surface area (Å²) in [6.07, 6.45) is 1.63. The number of hydrogen-bond acceptors (Lipinski definition) is 1. The molecule has 1 nitrogen and oxygen atoms in total. The number of aliphatic hydroxyl groups excluding tert-OH is 1. The Hall–Kier alpha value is -0.340. The van der Waals surface area contributed by atoms with E-state index in [0.717, 1.165) is 18.4 Å². The fourth-order valence-corrected chi connectivity index (χ4v) is 2.72. The summed E-state index contributed by atoms with van der Waals surface area (Å²) in [6, 6.07) is 2.14. The summed E-state index contributed by atoms with van der Waals surface area (Å²) in [6.45, 7) is 4.18. The first-order valence-corrected chi connectivity index (χ1v) is 5.37. The molecule has 0 heterocycles. The molecule has 1 unspecified atom stereocenters. The highest BCUT2D eigenvalue weighted by molar-refractivity contribution is 9.10. The summed E-state index contributed by atoms with van der Waals surface area (Å²) in [5.41, 5.74) is 4.95. The molecule has 0 saturated carbocycles. The Morgan fingerprint density at radius 1 is 1.38 bits per heavy atom. The second-order valence-electron chi connectivity index (χ2n) is 3.77. The maximum Gasteiger partial charge on any atom is 0.0798 e. The van der Waals surface area contributed by atoms with Gasteiger partial charge < -0.3 is 5.11 Å². The minimum atomic E-state index is -0.244. The van der Waals surface area contributed by atoms with Gasteiger partial charge in [-0.15, -0.1) is 0 Å². The zero-order valence-corrected chi connectivity index (χ0v) is 9.48. The summed E-state index contributed by atoms with van der Waals surface area (Å²) in [5, 5.41) is 9.76. The molecule has 1 aromatic rings. The zero-order chi connectivity index (χ0) is 9.59. The van der Waals surface area contributed by atoms with Gasteiger partial charge in [0, 0.05) is 4.47 Å². The normalized spacial score (nSPS) is 20.5. The minimum Gasteiger partial charge on any atom is -0.388 e. The van der Waals surface area contributed by atoms with E-state index in [2.05, 4.69) is 35.8 Å². The number of aliphatic hydroxyl groups is 1. The maximum atomic E-state index is 9.76. The van der Waals surface area contributed by atoms with Crippen molar-refractivity contribution in [1.82, 2.24) is 0 Å². The van der Waals surface area contributed by atoms with Gasteiger partial charge in [0.2, 0.25) is 0 Å². The van der Waals surface area contributed by atoms with Gasteiger partial charge in [0.05, 0.1) is 6.10 Å². The van der Waals surface area contributed by atoms with Crippen molar-refractivity contribution < 1.29 is 5.11 Å². The Kier molecular flexibility index (Phi) is 2.20. The molecule has 1 N–H and O–H groups in total. The van der Waals surface area contributed by atoms with E-state index in [1.54, 1.807) is 0 Å². The van der Waals surface area contributed by atoms with Crippen molar-refractivity contribution in [1.29, 1.82) is 0 Å². The molecule has 0 aromatic heterocycles. The van der Waals surface area contributed by atoms with Gasteiger partial charge in [-0.3, -0.25) is 0 Å². The van der Waals surface area contributed by atoms with Crippen molar-refractivity contribution >= 4 is 15.9 Å². The van der Waals surface area contributed by atoms with E-state index >= 15 is 0 Å². The molecule has 2 heteroatoms. The highest BCUT2D eigenvalue weighted by Crippen LogP contribution is 2.39. The molecular formula is C11H13BrO. The molecule has 0 aliphatic heterocycles. The third-order valence-corrected chi connectivity index (χ3v) is 3.90. The first-order valence-electron chi connectivity index (χ1n) is 4.58. The average molecular weight is 241 g/mol. The maximum absolute atomic E-state index is 9.76. The lowest BCUT2D eigenvalue weighted by Crippen LogP contribution is -1.96. The first-order chi connectivity index (χ1) is 6.11. The van der Waals surface area contributed by atoms with Crippen LogP contribution in [0.5, 0.6) is 0 Å². The van der Waals surface area contributed by atoms with Crippen LogP contribution in [-0.2, 0) is 6.42 Å². The summed E-state index contributed by atoms with van der Waals surface area (Å²) in [4.78, 5) is 0. The van der Waals surface area contributed by atoms with Gasteiger partial charge in [0.15, 0.2) is 0 Å². The summed E-state index contributed by atoms with van der Waals surface area (Å²) in [7, 11) is 0. The van der Waals surface area contributed by atoms with Gasteiger partial charge in [-0.25, -0.2) is 0 Å². The second kappa shape index (κ2) is 3.10. The lowest BCUT2D eigenvalue weighted by Gasteiger charge is -2.11. The fourth-order valence-electron chi connectivity index (χ4n) is 2.19. The van der Waals surface area contributed by atoms with Crippen molar-refractivity contribution in [2.45, 2.75) is 32.8 Å². The standard InChI is InChI=1S/C11H13BrO/c1-6-5-7(2)11(12)8-3-4-9(13)10(6)8/h5,9,13H,3-4H2,1-2H3. The number of benzene rings is 1. The van der Waals surface area contributed by atoms with Crippen molar-refractivity contribution in [2.75, 3.05) is 0 Å². The summed E-state index contributed by atoms with van der Waals surface area (Å²) >= 11 is 3.58. The van der Waals surface area contributed by atoms with Crippen molar-refractivity contribution in [2.24, 2.45) is 0 Å². The molecule has 13 heavy (non-hydrogen) atoms. The zero-order valence-electron chi connectivity index (χ0n) is 7.89. The average Bonchev–Trinajstić information content (AvgIpc) is 2.44. The lowest BCUT2D eigenvalue weighted by molar-refractivity contribution is 0.179. The van der Waals surface area contributed by atoms with E-state index in [9.17, 15) is 5.11 Å². The predicted octanol–water partition coefficient (Wildman–Crippen LogP) is 3.05. The Bertz CT molecular complexity index is 358. The van der Waals surface area contributed by atoms with Crippen LogP contribution < -0.4 is 0 Å². The third kappa shape index (κ3) is 1.32. The van der Waals surface area contributed by atoms with Crippen LogP contribution in [-0.4, -0.2) is 5.11 Å². The molecule has 0 amide bonds. The smallest absolute Gasteiger partial charge is 0.0798 e. The number of fused-ring (bicyclic) bond motifs is 1. The van der Waals surface area contributed by atoms with Gasteiger partial charge in [-0.05, 0) is 48.9 Å². The number of halogens is 1. The van der Waals surface area contributed by atoms with Crippen LogP contribution in [0.4, 0.5) is 0 Å². The summed E-state index contributed by atoms with van der Waals surface area (Å²) in [5.74, 6) is 0. The lowest BCUT2D eigenvalue weighted by atomic mass is 10.0. The SMILES string of the molecule is Cc1cc(C)c2c(c1Br)CCC2O. The van der Waals surface area contributed by atoms with E-state index in [0.29, 0.717) is 0 Å². The minimum absolute atomic E-state index is 0.244. The first kappa shape index (κ1) is 9.22. The fraction of sp³-hybridized carbons (Fsp3) is 0.455. The van der Waals surface area contributed by atoms with Gasteiger partial charge >= 0.3 is 0 Å². The molecule has 1 aliphatic carbocycles. The van der Waals surface area contributed by atoms with Crippen LogP contribution in [0.25, 0.3) is 0 Å². The molecule has 70 valence electrons. The molecule has 0 fully saturated rings. The second-order valence-corrected chi connectivity index (χ2v) is 4.56. The van der Waals surface area contributed by atoms with Crippen LogP contribution in [0.2, 0.25) is 0 Å². The van der Waals surface area contributed by atoms with Gasteiger partial charge in [0.1, 0.15) is 0 Å². The molecule has 0 saturated heterocycles. The number of hydrogen-bond donors (Lipinski definition) is 1. The van der Waals surface area contributed by atoms with Gasteiger partial charge in [-0.1, -0.05) is 22.0 Å². The van der Waals surface area contributed by atoms with E-state index in [4.69, 9.17) is 0 Å². The topological polar surface area (TPSA) is 20.2 Å². The quantitative estimate of drug-likeness (QED) is 0.740. The third-order valence-electron chi connectivity index (χ3n) is 2.80. The molecule has 2 rings (SSSR count). The molecule has 1 aromatic carbocycles. The molecular weight excluding hydrogens is 228 g/mol. The molecule has 0 spiro atoms. The van der Waals surface area contributed by atoms with Crippen molar-refractivity contribution in [3.63, 3.8) is 0 Å². The van der Waals surface area contributed by atoms with E-state index < -0.39 is 0 Å². The van der Waals surface area contributed by atoms with Gasteiger partial charge in [0.25, 0.3) is 0 Å². The van der Waals surface area contributed by atoms with Crippen LogP contribution in [0, 0.1) is 13.8 Å². The highest BCUT2D eigenvalue weighted by Gasteiger charge is 2.24. The highest BCUT2D eigenvalue weighted by atomic mass is 79.9. The van der Waals surface area contributed by atoms with Crippen molar-refractivity contribution in [3.8, 4) is 0 Å². The van der Waals surface area contributed by atoms with Gasteiger partial charge in [-0.2, -0.15) is 0 Å². The number of rotatable bonds is 0. The Morgan fingerprint density at radius 3 is 2.77 bits per heavy atom. The van der Waals surface area contributed by atoms with Crippen LogP contribution in [0.1, 0.15) is 34.8 Å². The van der Waals surface area contributed by atoms with Crippen LogP contribution in [0.3, 0.4) is 0 Å². The Labute approximate surface area is 86.9 Å². The monoisotopic (exact) mass is 240 g/mol. The van der Waals surface area contributed by atoms with E-state index in [-0.39, 0.29) is 6.10 Å². The van der Waals surface area contributed by atoms with Crippen molar-refractivity contribution in [3.05, 3.63) is 32.8 Å². The predicted molar refractivity (Wildman–Crippen MR) is 56.9 cm³/mol. The number of aryl methyl sites for hydroxylation is 2. The molecule has 0 radical (unpaired) electrons. The molecule has 1 atom stereocenters. The van der Waals surface area contributed by atoms with E-state index in [1.165, 1.54) is 21.2 Å². The Balaban J connectivity index is 2.69. The largest absolute Gasteiger partial charge is 0.388 e. The Morgan fingerprint density at radius 2 is 2.08 bits per heavy atom. The molecule has 0 bridgehead atoms. The van der Waals surface area contributed by atoms with Crippen LogP contribution in [0.15, 0.2) is 10.5 Å².